The summed E-state index contributed by atoms with van der Waals surface area (Å²) in [7, 11) is 0. The Bertz CT molecular complexity index is 582. The molecule has 25 heavy (non-hydrogen) atoms. The van der Waals surface area contributed by atoms with Crippen LogP contribution in [0.4, 0.5) is 8.78 Å². The Morgan fingerprint density at radius 3 is 2.52 bits per heavy atom. The van der Waals surface area contributed by atoms with E-state index in [1.165, 1.54) is 38.5 Å². The standard InChI is InChI=1S/C21H30F2OS/c1-3-5-11-24-17-12-16-13-18(25-21(16)20(23)19(17)22)15-9-7-14(6-4-2)8-10-15/h12,14-15,18H,3-11,13H2,1-2H3/t14-,15-,18-/m0/s1. The molecular formula is C21H30F2OS. The van der Waals surface area contributed by atoms with Gasteiger partial charge in [0.15, 0.2) is 11.6 Å². The summed E-state index contributed by atoms with van der Waals surface area (Å²) in [6.07, 6.45) is 10.4. The molecule has 1 nitrogen and oxygen atoms in total. The molecule has 0 saturated heterocycles. The number of fused-ring (bicyclic) bond motifs is 1. The van der Waals surface area contributed by atoms with E-state index in [1.807, 2.05) is 0 Å². The van der Waals surface area contributed by atoms with Crippen molar-refractivity contribution in [3.05, 3.63) is 23.3 Å². The summed E-state index contributed by atoms with van der Waals surface area (Å²) >= 11 is 1.56. The van der Waals surface area contributed by atoms with E-state index >= 15 is 0 Å². The maximum Gasteiger partial charge on any atom is 0.201 e. The highest BCUT2D eigenvalue weighted by molar-refractivity contribution is 8.00. The molecule has 0 amide bonds. The molecule has 3 rings (SSSR count). The Labute approximate surface area is 154 Å². The lowest BCUT2D eigenvalue weighted by molar-refractivity contribution is 0.258. The average Bonchev–Trinajstić information content (AvgIpc) is 3.04. The number of benzene rings is 1. The number of rotatable bonds is 7. The molecule has 1 aromatic rings. The van der Waals surface area contributed by atoms with E-state index in [2.05, 4.69) is 13.8 Å². The second kappa shape index (κ2) is 8.75. The van der Waals surface area contributed by atoms with Gasteiger partial charge in [0.2, 0.25) is 5.82 Å². The van der Waals surface area contributed by atoms with Gasteiger partial charge in [0.25, 0.3) is 0 Å². The molecule has 0 bridgehead atoms. The Morgan fingerprint density at radius 2 is 1.84 bits per heavy atom. The van der Waals surface area contributed by atoms with Crippen molar-refractivity contribution in [3.63, 3.8) is 0 Å². The van der Waals surface area contributed by atoms with Crippen molar-refractivity contribution in [2.45, 2.75) is 81.8 Å². The van der Waals surface area contributed by atoms with E-state index < -0.39 is 11.6 Å². The van der Waals surface area contributed by atoms with Crippen molar-refractivity contribution in [2.75, 3.05) is 6.61 Å². The van der Waals surface area contributed by atoms with Gasteiger partial charge in [-0.25, -0.2) is 4.39 Å². The lowest BCUT2D eigenvalue weighted by Crippen LogP contribution is -2.23. The third kappa shape index (κ3) is 4.32. The van der Waals surface area contributed by atoms with Crippen LogP contribution >= 0.6 is 11.8 Å². The first-order valence-corrected chi connectivity index (χ1v) is 10.8. The second-order valence-electron chi connectivity index (χ2n) is 7.62. The first-order valence-electron chi connectivity index (χ1n) is 9.94. The van der Waals surface area contributed by atoms with Crippen LogP contribution in [0.15, 0.2) is 11.0 Å². The van der Waals surface area contributed by atoms with Gasteiger partial charge in [0, 0.05) is 10.1 Å². The minimum atomic E-state index is -0.811. The Balaban J connectivity index is 1.65. The molecule has 1 saturated carbocycles. The highest BCUT2D eigenvalue weighted by Crippen LogP contribution is 2.48. The summed E-state index contributed by atoms with van der Waals surface area (Å²) in [6.45, 7) is 4.76. The van der Waals surface area contributed by atoms with Gasteiger partial charge in [-0.05, 0) is 49.1 Å². The molecule has 0 spiro atoms. The van der Waals surface area contributed by atoms with Crippen molar-refractivity contribution in [2.24, 2.45) is 11.8 Å². The molecule has 1 aliphatic carbocycles. The van der Waals surface area contributed by atoms with Crippen LogP contribution in [0.25, 0.3) is 0 Å². The van der Waals surface area contributed by atoms with Crippen LogP contribution in [-0.2, 0) is 6.42 Å². The minimum absolute atomic E-state index is 0.0950. The highest BCUT2D eigenvalue weighted by Gasteiger charge is 2.35. The van der Waals surface area contributed by atoms with E-state index in [9.17, 15) is 8.78 Å². The number of halogens is 2. The lowest BCUT2D eigenvalue weighted by Gasteiger charge is -2.31. The fourth-order valence-electron chi connectivity index (χ4n) is 4.28. The molecule has 1 fully saturated rings. The van der Waals surface area contributed by atoms with Gasteiger partial charge in [-0.1, -0.05) is 46.0 Å². The van der Waals surface area contributed by atoms with Gasteiger partial charge in [-0.2, -0.15) is 4.39 Å². The second-order valence-corrected chi connectivity index (χ2v) is 8.87. The predicted molar refractivity (Wildman–Crippen MR) is 100 cm³/mol. The SMILES string of the molecule is CCCCOc1cc2c(c(F)c1F)S[C@H]([C@H]1CC[C@H](CCC)CC1)C2. The highest BCUT2D eigenvalue weighted by atomic mass is 32.2. The molecule has 2 aliphatic rings. The smallest absolute Gasteiger partial charge is 0.201 e. The van der Waals surface area contributed by atoms with Crippen LogP contribution in [0.1, 0.15) is 70.8 Å². The predicted octanol–water partition coefficient (Wildman–Crippen LogP) is 6.77. The van der Waals surface area contributed by atoms with Crippen molar-refractivity contribution in [1.29, 1.82) is 0 Å². The maximum atomic E-state index is 14.5. The van der Waals surface area contributed by atoms with Crippen LogP contribution in [0.5, 0.6) is 5.75 Å². The number of ether oxygens (including phenoxy) is 1. The first kappa shape index (κ1) is 19.0. The van der Waals surface area contributed by atoms with Gasteiger partial charge in [-0.3, -0.25) is 0 Å². The number of hydrogen-bond acceptors (Lipinski definition) is 2. The largest absolute Gasteiger partial charge is 0.490 e. The molecule has 0 radical (unpaired) electrons. The zero-order valence-corrected chi connectivity index (χ0v) is 16.3. The van der Waals surface area contributed by atoms with E-state index in [0.29, 0.717) is 22.7 Å². The Hall–Kier alpha value is -0.770. The summed E-state index contributed by atoms with van der Waals surface area (Å²) in [4.78, 5) is 0.529. The van der Waals surface area contributed by atoms with Crippen molar-refractivity contribution in [3.8, 4) is 5.75 Å². The van der Waals surface area contributed by atoms with E-state index in [4.69, 9.17) is 4.74 Å². The van der Waals surface area contributed by atoms with Crippen LogP contribution in [0, 0.1) is 23.5 Å². The fourth-order valence-corrected chi connectivity index (χ4v) is 5.79. The zero-order chi connectivity index (χ0) is 17.8. The summed E-state index contributed by atoms with van der Waals surface area (Å²) in [5, 5.41) is 0.400. The Morgan fingerprint density at radius 1 is 1.08 bits per heavy atom. The molecule has 1 atom stereocenters. The van der Waals surface area contributed by atoms with Gasteiger partial charge >= 0.3 is 0 Å². The number of hydrogen-bond donors (Lipinski definition) is 0. The van der Waals surface area contributed by atoms with E-state index in [1.54, 1.807) is 17.8 Å². The van der Waals surface area contributed by atoms with Crippen LogP contribution < -0.4 is 4.74 Å². The zero-order valence-electron chi connectivity index (χ0n) is 15.5. The van der Waals surface area contributed by atoms with Crippen LogP contribution in [0.3, 0.4) is 0 Å². The van der Waals surface area contributed by atoms with Crippen LogP contribution in [0.2, 0.25) is 0 Å². The van der Waals surface area contributed by atoms with Crippen molar-refractivity contribution < 1.29 is 13.5 Å². The monoisotopic (exact) mass is 368 g/mol. The first-order chi connectivity index (χ1) is 12.1. The molecular weight excluding hydrogens is 338 g/mol. The quantitative estimate of drug-likeness (QED) is 0.491. The molecule has 140 valence electrons. The maximum absolute atomic E-state index is 14.5. The van der Waals surface area contributed by atoms with Crippen LogP contribution in [-0.4, -0.2) is 11.9 Å². The third-order valence-corrected chi connectivity index (χ3v) is 7.30. The van der Waals surface area contributed by atoms with Gasteiger partial charge < -0.3 is 4.74 Å². The fraction of sp³-hybridized carbons (Fsp3) is 0.714. The summed E-state index contributed by atoms with van der Waals surface area (Å²) in [5.41, 5.74) is 0.941. The third-order valence-electron chi connectivity index (χ3n) is 5.77. The summed E-state index contributed by atoms with van der Waals surface area (Å²) in [5.74, 6) is 0.101. The van der Waals surface area contributed by atoms with Gasteiger partial charge in [-0.15, -0.1) is 11.8 Å². The molecule has 0 aromatic heterocycles. The van der Waals surface area contributed by atoms with Gasteiger partial charge in [0.1, 0.15) is 0 Å². The number of thioether (sulfide) groups is 1. The molecule has 1 heterocycles. The minimum Gasteiger partial charge on any atom is -0.490 e. The van der Waals surface area contributed by atoms with E-state index in [0.717, 1.165) is 30.7 Å². The van der Waals surface area contributed by atoms with Gasteiger partial charge in [0.05, 0.1) is 6.61 Å². The topological polar surface area (TPSA) is 9.23 Å². The molecule has 0 unspecified atom stereocenters. The van der Waals surface area contributed by atoms with Crippen molar-refractivity contribution >= 4 is 11.8 Å². The Kier molecular flexibility index (Phi) is 6.65. The summed E-state index contributed by atoms with van der Waals surface area (Å²) < 4.78 is 34.3. The van der Waals surface area contributed by atoms with E-state index in [-0.39, 0.29) is 5.75 Å². The average molecular weight is 369 g/mol. The van der Waals surface area contributed by atoms with Crippen molar-refractivity contribution in [1.82, 2.24) is 0 Å². The molecule has 1 aromatic carbocycles. The summed E-state index contributed by atoms with van der Waals surface area (Å²) in [6, 6.07) is 1.75. The lowest BCUT2D eigenvalue weighted by atomic mass is 9.78. The molecule has 4 heteroatoms. The molecule has 0 N–H and O–H groups in total. The normalized spacial score (nSPS) is 25.8. The molecule has 1 aliphatic heterocycles. The number of unbranched alkanes of at least 4 members (excludes halogenated alkanes) is 1.